The van der Waals surface area contributed by atoms with E-state index in [0.29, 0.717) is 18.2 Å². The third kappa shape index (κ3) is 6.14. The number of carbonyl (C=O) groups is 2. The van der Waals surface area contributed by atoms with E-state index in [0.717, 1.165) is 12.8 Å². The molecule has 20 heavy (non-hydrogen) atoms. The van der Waals surface area contributed by atoms with Crippen molar-refractivity contribution in [2.75, 3.05) is 11.9 Å². The number of ether oxygens (including phenoxy) is 1. The predicted molar refractivity (Wildman–Crippen MR) is 80.1 cm³/mol. The molecule has 0 radical (unpaired) electrons. The van der Waals surface area contributed by atoms with Crippen molar-refractivity contribution < 1.29 is 14.3 Å². The number of esters is 1. The van der Waals surface area contributed by atoms with Crippen LogP contribution in [-0.4, -0.2) is 23.5 Å². The fraction of sp³-hybridized carbons (Fsp3) is 0.643. The summed E-state index contributed by atoms with van der Waals surface area (Å²) in [5, 5.41) is 4.75. The van der Waals surface area contributed by atoms with Gasteiger partial charge < -0.3 is 10.1 Å². The molecule has 1 aromatic rings. The highest BCUT2D eigenvalue weighted by Gasteiger charge is 2.12. The third-order valence-corrected chi connectivity index (χ3v) is 3.50. The molecule has 0 fully saturated rings. The molecule has 112 valence electrons. The first-order valence-corrected chi connectivity index (χ1v) is 7.97. The average molecular weight is 298 g/mol. The molecule has 1 rings (SSSR count). The van der Waals surface area contributed by atoms with Gasteiger partial charge in [-0.3, -0.25) is 4.79 Å². The zero-order valence-corrected chi connectivity index (χ0v) is 12.9. The Morgan fingerprint density at radius 2 is 2.00 bits per heavy atom. The molecule has 0 bridgehead atoms. The van der Waals surface area contributed by atoms with Crippen molar-refractivity contribution in [2.24, 2.45) is 0 Å². The van der Waals surface area contributed by atoms with Gasteiger partial charge in [-0.05, 0) is 13.3 Å². The molecule has 5 nitrogen and oxygen atoms in total. The molecule has 0 spiro atoms. The average Bonchev–Trinajstić information content (AvgIpc) is 2.87. The van der Waals surface area contributed by atoms with Gasteiger partial charge in [0.25, 0.3) is 0 Å². The molecule has 1 aromatic heterocycles. The molecule has 6 heteroatoms. The highest BCUT2D eigenvalue weighted by atomic mass is 32.1. The van der Waals surface area contributed by atoms with Crippen molar-refractivity contribution in [2.45, 2.75) is 52.4 Å². The summed E-state index contributed by atoms with van der Waals surface area (Å²) in [7, 11) is 0. The van der Waals surface area contributed by atoms with Crippen LogP contribution in [0.3, 0.4) is 0 Å². The Labute approximate surface area is 123 Å². The summed E-state index contributed by atoms with van der Waals surface area (Å²) in [6.07, 6.45) is 6.06. The van der Waals surface area contributed by atoms with Crippen LogP contribution < -0.4 is 5.32 Å². The minimum absolute atomic E-state index is 0.0498. The number of amides is 1. The van der Waals surface area contributed by atoms with Crippen LogP contribution >= 0.6 is 11.3 Å². The summed E-state index contributed by atoms with van der Waals surface area (Å²) in [6.45, 7) is 4.22. The van der Waals surface area contributed by atoms with E-state index < -0.39 is 5.97 Å². The van der Waals surface area contributed by atoms with Gasteiger partial charge in [-0.2, -0.15) is 0 Å². The molecule has 0 aliphatic heterocycles. The molecule has 0 saturated heterocycles. The van der Waals surface area contributed by atoms with Crippen LogP contribution in [-0.2, 0) is 9.53 Å². The zero-order chi connectivity index (χ0) is 14.8. The number of hydrogen-bond donors (Lipinski definition) is 1. The number of carbonyl (C=O) groups excluding carboxylic acids is 2. The van der Waals surface area contributed by atoms with Crippen LogP contribution in [0.1, 0.15) is 62.9 Å². The van der Waals surface area contributed by atoms with Gasteiger partial charge in [-0.15, -0.1) is 11.3 Å². The summed E-state index contributed by atoms with van der Waals surface area (Å²) in [4.78, 5) is 27.2. The van der Waals surface area contributed by atoms with Crippen LogP contribution in [0.5, 0.6) is 0 Å². The van der Waals surface area contributed by atoms with Gasteiger partial charge in [0.1, 0.15) is 0 Å². The molecule has 0 saturated carbocycles. The van der Waals surface area contributed by atoms with E-state index in [1.54, 1.807) is 12.3 Å². The summed E-state index contributed by atoms with van der Waals surface area (Å²) in [5.74, 6) is -0.505. The maximum atomic E-state index is 11.7. The van der Waals surface area contributed by atoms with Crippen molar-refractivity contribution >= 4 is 28.3 Å². The third-order valence-electron chi connectivity index (χ3n) is 2.74. The van der Waals surface area contributed by atoms with E-state index in [2.05, 4.69) is 17.2 Å². The van der Waals surface area contributed by atoms with Gasteiger partial charge in [0.2, 0.25) is 5.91 Å². The van der Waals surface area contributed by atoms with E-state index in [4.69, 9.17) is 4.74 Å². The van der Waals surface area contributed by atoms with Crippen LogP contribution in [0, 0.1) is 0 Å². The number of anilines is 1. The van der Waals surface area contributed by atoms with Crippen molar-refractivity contribution in [3.8, 4) is 0 Å². The van der Waals surface area contributed by atoms with Crippen LogP contribution in [0.2, 0.25) is 0 Å². The van der Waals surface area contributed by atoms with E-state index in [9.17, 15) is 9.59 Å². The Balaban J connectivity index is 2.30. The second kappa shape index (κ2) is 9.47. The topological polar surface area (TPSA) is 68.3 Å². The van der Waals surface area contributed by atoms with Gasteiger partial charge >= 0.3 is 5.97 Å². The summed E-state index contributed by atoms with van der Waals surface area (Å²) >= 11 is 1.24. The quantitative estimate of drug-likeness (QED) is 0.558. The Kier molecular flexibility index (Phi) is 7.87. The number of rotatable bonds is 9. The van der Waals surface area contributed by atoms with Gasteiger partial charge in [-0.25, -0.2) is 9.78 Å². The molecule has 0 unspecified atom stereocenters. The number of hydrogen-bond acceptors (Lipinski definition) is 5. The fourth-order valence-corrected chi connectivity index (χ4v) is 2.40. The van der Waals surface area contributed by atoms with Gasteiger partial charge in [0.15, 0.2) is 10.8 Å². The molecule has 1 heterocycles. The van der Waals surface area contributed by atoms with Gasteiger partial charge in [0, 0.05) is 11.8 Å². The number of nitrogens with one attached hydrogen (secondary N) is 1. The predicted octanol–water partition coefficient (Wildman–Crippen LogP) is 3.62. The largest absolute Gasteiger partial charge is 0.461 e. The molecular weight excluding hydrogens is 276 g/mol. The normalized spacial score (nSPS) is 10.3. The lowest BCUT2D eigenvalue weighted by Gasteiger charge is -2.01. The van der Waals surface area contributed by atoms with E-state index >= 15 is 0 Å². The van der Waals surface area contributed by atoms with Crippen molar-refractivity contribution in [3.05, 3.63) is 11.1 Å². The first-order valence-electron chi connectivity index (χ1n) is 7.09. The van der Waals surface area contributed by atoms with Crippen LogP contribution in [0.4, 0.5) is 5.13 Å². The Morgan fingerprint density at radius 3 is 2.70 bits per heavy atom. The maximum Gasteiger partial charge on any atom is 0.357 e. The molecule has 0 aliphatic carbocycles. The second-order valence-electron chi connectivity index (χ2n) is 4.47. The highest BCUT2D eigenvalue weighted by Crippen LogP contribution is 2.17. The fourth-order valence-electron chi connectivity index (χ4n) is 1.70. The summed E-state index contributed by atoms with van der Waals surface area (Å²) in [6, 6.07) is 0. The van der Waals surface area contributed by atoms with E-state index in [1.807, 2.05) is 0 Å². The minimum atomic E-state index is -0.455. The Morgan fingerprint density at radius 1 is 1.25 bits per heavy atom. The van der Waals surface area contributed by atoms with Crippen molar-refractivity contribution in [1.29, 1.82) is 0 Å². The number of nitrogens with zero attached hydrogens (tertiary/aromatic N) is 1. The highest BCUT2D eigenvalue weighted by molar-refractivity contribution is 7.14. The molecule has 1 amide bonds. The standard InChI is InChI=1S/C14H22N2O3S/c1-3-5-6-7-8-9-12(17)16-14-15-11(10-20-14)13(18)19-4-2/h10H,3-9H2,1-2H3,(H,15,16,17). The molecule has 0 aromatic carbocycles. The van der Waals surface area contributed by atoms with Crippen molar-refractivity contribution in [3.63, 3.8) is 0 Å². The van der Waals surface area contributed by atoms with Crippen LogP contribution in [0.15, 0.2) is 5.38 Å². The zero-order valence-electron chi connectivity index (χ0n) is 12.1. The summed E-state index contributed by atoms with van der Waals surface area (Å²) < 4.78 is 4.84. The Hall–Kier alpha value is -1.43. The molecule has 0 aliphatic rings. The first-order chi connectivity index (χ1) is 9.67. The molecular formula is C14H22N2O3S. The smallest absolute Gasteiger partial charge is 0.357 e. The van der Waals surface area contributed by atoms with Gasteiger partial charge in [0.05, 0.1) is 6.61 Å². The summed E-state index contributed by atoms with van der Waals surface area (Å²) in [5.41, 5.74) is 0.245. The second-order valence-corrected chi connectivity index (χ2v) is 5.33. The van der Waals surface area contributed by atoms with E-state index in [1.165, 1.54) is 30.6 Å². The van der Waals surface area contributed by atoms with E-state index in [-0.39, 0.29) is 11.6 Å². The maximum absolute atomic E-state index is 11.7. The Bertz CT molecular complexity index is 432. The lowest BCUT2D eigenvalue weighted by molar-refractivity contribution is -0.116. The SMILES string of the molecule is CCCCCCCC(=O)Nc1nc(C(=O)OCC)cs1. The minimum Gasteiger partial charge on any atom is -0.461 e. The van der Waals surface area contributed by atoms with Crippen molar-refractivity contribution in [1.82, 2.24) is 4.98 Å². The van der Waals surface area contributed by atoms with Crippen LogP contribution in [0.25, 0.3) is 0 Å². The first kappa shape index (κ1) is 16.6. The number of aromatic nitrogens is 1. The molecule has 0 atom stereocenters. The molecule has 1 N–H and O–H groups in total. The monoisotopic (exact) mass is 298 g/mol. The lowest BCUT2D eigenvalue weighted by atomic mass is 10.1. The number of thiazole rings is 1. The van der Waals surface area contributed by atoms with Gasteiger partial charge in [-0.1, -0.05) is 32.6 Å². The number of unbranched alkanes of at least 4 members (excludes halogenated alkanes) is 4. The lowest BCUT2D eigenvalue weighted by Crippen LogP contribution is -2.11.